The minimum atomic E-state index is -0.633. The molecule has 148 valence electrons. The fourth-order valence-electron chi connectivity index (χ4n) is 4.03. The van der Waals surface area contributed by atoms with Gasteiger partial charge >= 0.3 is 12.0 Å². The summed E-state index contributed by atoms with van der Waals surface area (Å²) in [7, 11) is 2.83. The molecule has 3 aliphatic heterocycles. The molecule has 9 heteroatoms. The van der Waals surface area contributed by atoms with Gasteiger partial charge in [0.1, 0.15) is 6.54 Å². The standard InChI is InChI=1S/C19H23N5O4/c1-11-6-5-7-13(12(11)2)22-8-9-23-15-16(20-18(22)23)21(3)19(27)24(17(15)26)10-14(25)28-4/h5-7,15-16H,8-10H2,1-4H3. The fraction of sp³-hybridized carbons (Fsp3) is 0.474. The summed E-state index contributed by atoms with van der Waals surface area (Å²) in [5, 5.41) is 0. The molecule has 2 atom stereocenters. The van der Waals surface area contributed by atoms with Crippen LogP contribution in [0.15, 0.2) is 23.2 Å². The smallest absolute Gasteiger partial charge is 0.328 e. The van der Waals surface area contributed by atoms with Crippen LogP contribution in [0.5, 0.6) is 0 Å². The number of carbonyl (C=O) groups is 3. The van der Waals surface area contributed by atoms with E-state index in [1.54, 1.807) is 7.05 Å². The van der Waals surface area contributed by atoms with Gasteiger partial charge in [0.25, 0.3) is 5.91 Å². The number of urea groups is 1. The molecule has 1 aromatic rings. The molecule has 0 aliphatic carbocycles. The van der Waals surface area contributed by atoms with Gasteiger partial charge in [-0.15, -0.1) is 0 Å². The Kier molecular flexibility index (Phi) is 4.24. The van der Waals surface area contributed by atoms with Crippen molar-refractivity contribution >= 4 is 29.6 Å². The number of nitrogens with zero attached hydrogens (tertiary/aromatic N) is 5. The summed E-state index contributed by atoms with van der Waals surface area (Å²) in [4.78, 5) is 48.5. The van der Waals surface area contributed by atoms with Gasteiger partial charge in [-0.3, -0.25) is 14.5 Å². The van der Waals surface area contributed by atoms with E-state index in [2.05, 4.69) is 29.6 Å². The molecule has 0 saturated carbocycles. The molecule has 2 unspecified atom stereocenters. The van der Waals surface area contributed by atoms with Crippen LogP contribution in [0.4, 0.5) is 10.5 Å². The summed E-state index contributed by atoms with van der Waals surface area (Å²) in [6, 6.07) is 4.93. The summed E-state index contributed by atoms with van der Waals surface area (Å²) < 4.78 is 4.63. The average molecular weight is 385 g/mol. The second-order valence-electron chi connectivity index (χ2n) is 7.25. The molecule has 9 nitrogen and oxygen atoms in total. The van der Waals surface area contributed by atoms with Crippen molar-refractivity contribution in [1.29, 1.82) is 0 Å². The molecule has 2 fully saturated rings. The number of anilines is 1. The molecule has 1 aromatic carbocycles. The van der Waals surface area contributed by atoms with Crippen LogP contribution in [-0.2, 0) is 14.3 Å². The van der Waals surface area contributed by atoms with Gasteiger partial charge in [0.15, 0.2) is 12.2 Å². The second kappa shape index (κ2) is 6.50. The zero-order valence-electron chi connectivity index (χ0n) is 16.4. The highest BCUT2D eigenvalue weighted by molar-refractivity contribution is 6.09. The van der Waals surface area contributed by atoms with Crippen molar-refractivity contribution < 1.29 is 19.1 Å². The van der Waals surface area contributed by atoms with Gasteiger partial charge < -0.3 is 19.4 Å². The molecule has 0 bridgehead atoms. The van der Waals surface area contributed by atoms with E-state index < -0.39 is 36.7 Å². The van der Waals surface area contributed by atoms with Gasteiger partial charge in [-0.25, -0.2) is 9.79 Å². The number of fused-ring (bicyclic) bond motifs is 3. The maximum absolute atomic E-state index is 13.1. The number of amides is 3. The van der Waals surface area contributed by atoms with Crippen molar-refractivity contribution in [3.05, 3.63) is 29.3 Å². The predicted octanol–water partition coefficient (Wildman–Crippen LogP) is 0.557. The number of methoxy groups -OCH3 is 1. The van der Waals surface area contributed by atoms with Crippen LogP contribution in [0, 0.1) is 13.8 Å². The molecule has 0 radical (unpaired) electrons. The van der Waals surface area contributed by atoms with Gasteiger partial charge in [-0.05, 0) is 31.0 Å². The Hall–Kier alpha value is -3.10. The molecule has 0 spiro atoms. The molecule has 0 N–H and O–H groups in total. The normalized spacial score (nSPS) is 23.8. The fourth-order valence-corrected chi connectivity index (χ4v) is 4.03. The number of imide groups is 1. The first-order chi connectivity index (χ1) is 13.3. The first-order valence-electron chi connectivity index (χ1n) is 9.18. The monoisotopic (exact) mass is 385 g/mol. The molecular formula is C19H23N5O4. The van der Waals surface area contributed by atoms with Gasteiger partial charge in [-0.2, -0.15) is 0 Å². The Morgan fingerprint density at radius 1 is 1.25 bits per heavy atom. The summed E-state index contributed by atoms with van der Waals surface area (Å²) in [5.74, 6) is -0.359. The highest BCUT2D eigenvalue weighted by Crippen LogP contribution is 2.34. The number of rotatable bonds is 3. The first kappa shape index (κ1) is 18.3. The van der Waals surface area contributed by atoms with E-state index in [-0.39, 0.29) is 0 Å². The maximum atomic E-state index is 13.1. The van der Waals surface area contributed by atoms with E-state index in [9.17, 15) is 14.4 Å². The highest BCUT2D eigenvalue weighted by atomic mass is 16.5. The number of ether oxygens (including phenoxy) is 1. The lowest BCUT2D eigenvalue weighted by atomic mass is 10.1. The molecule has 0 aromatic heterocycles. The molecular weight excluding hydrogens is 362 g/mol. The Labute approximate surface area is 163 Å². The van der Waals surface area contributed by atoms with Crippen molar-refractivity contribution in [2.24, 2.45) is 4.99 Å². The minimum Gasteiger partial charge on any atom is -0.468 e. The number of carbonyl (C=O) groups excluding carboxylic acids is 3. The molecule has 3 amide bonds. The highest BCUT2D eigenvalue weighted by Gasteiger charge is 2.55. The van der Waals surface area contributed by atoms with Gasteiger partial charge in [0, 0.05) is 25.8 Å². The maximum Gasteiger partial charge on any atom is 0.328 e. The molecule has 3 heterocycles. The predicted molar refractivity (Wildman–Crippen MR) is 102 cm³/mol. The lowest BCUT2D eigenvalue weighted by molar-refractivity contribution is -0.148. The van der Waals surface area contributed by atoms with Crippen LogP contribution in [0.2, 0.25) is 0 Å². The first-order valence-corrected chi connectivity index (χ1v) is 9.18. The summed E-state index contributed by atoms with van der Waals surface area (Å²) >= 11 is 0. The van der Waals surface area contributed by atoms with Crippen LogP contribution >= 0.6 is 0 Å². The van der Waals surface area contributed by atoms with Gasteiger partial charge in [0.2, 0.25) is 5.96 Å². The van der Waals surface area contributed by atoms with Crippen molar-refractivity contribution in [2.75, 3.05) is 38.7 Å². The van der Waals surface area contributed by atoms with Gasteiger partial charge in [-0.1, -0.05) is 12.1 Å². The summed E-state index contributed by atoms with van der Waals surface area (Å²) in [6.45, 7) is 5.05. The number of hydrogen-bond acceptors (Lipinski definition) is 7. The van der Waals surface area contributed by atoms with E-state index in [0.717, 1.165) is 16.2 Å². The Morgan fingerprint density at radius 3 is 2.71 bits per heavy atom. The molecule has 4 rings (SSSR count). The van der Waals surface area contributed by atoms with E-state index in [1.165, 1.54) is 17.6 Å². The Bertz CT molecular complexity index is 898. The van der Waals surface area contributed by atoms with Gasteiger partial charge in [0.05, 0.1) is 7.11 Å². The topological polar surface area (TPSA) is 85.8 Å². The lowest BCUT2D eigenvalue weighted by Crippen LogP contribution is -2.65. The van der Waals surface area contributed by atoms with Crippen molar-refractivity contribution in [2.45, 2.75) is 26.1 Å². The Balaban J connectivity index is 1.67. The van der Waals surface area contributed by atoms with Crippen molar-refractivity contribution in [3.8, 4) is 0 Å². The number of likely N-dealkylation sites (N-methyl/N-ethyl adjacent to an activating group) is 1. The van der Waals surface area contributed by atoms with Crippen LogP contribution in [0.3, 0.4) is 0 Å². The number of hydrogen-bond donors (Lipinski definition) is 0. The zero-order valence-corrected chi connectivity index (χ0v) is 16.4. The van der Waals surface area contributed by atoms with Crippen molar-refractivity contribution in [1.82, 2.24) is 14.7 Å². The third kappa shape index (κ3) is 2.53. The van der Waals surface area contributed by atoms with Crippen LogP contribution in [0.1, 0.15) is 11.1 Å². The zero-order chi connectivity index (χ0) is 20.2. The molecule has 28 heavy (non-hydrogen) atoms. The van der Waals surface area contributed by atoms with E-state index in [4.69, 9.17) is 4.99 Å². The minimum absolute atomic E-state index is 0.397. The number of benzene rings is 1. The number of aryl methyl sites for hydroxylation is 1. The third-order valence-electron chi connectivity index (χ3n) is 5.76. The number of aliphatic imine (C=N–C) groups is 1. The third-order valence-corrected chi connectivity index (χ3v) is 5.76. The SMILES string of the molecule is COC(=O)CN1C(=O)C2C(N=C3N(c4cccc(C)c4C)CCN32)N(C)C1=O. The van der Waals surface area contributed by atoms with Crippen LogP contribution < -0.4 is 4.90 Å². The van der Waals surface area contributed by atoms with Crippen LogP contribution in [0.25, 0.3) is 0 Å². The molecule has 2 saturated heterocycles. The summed E-state index contributed by atoms with van der Waals surface area (Å²) in [6.07, 6.45) is -0.600. The van der Waals surface area contributed by atoms with Crippen molar-refractivity contribution in [3.63, 3.8) is 0 Å². The largest absolute Gasteiger partial charge is 0.468 e. The average Bonchev–Trinajstić information content (AvgIpc) is 3.25. The lowest BCUT2D eigenvalue weighted by Gasteiger charge is -2.40. The van der Waals surface area contributed by atoms with E-state index in [0.29, 0.717) is 19.0 Å². The number of esters is 1. The second-order valence-corrected chi connectivity index (χ2v) is 7.25. The summed E-state index contributed by atoms with van der Waals surface area (Å²) in [5.41, 5.74) is 3.39. The quantitative estimate of drug-likeness (QED) is 0.707. The molecule has 3 aliphatic rings. The van der Waals surface area contributed by atoms with E-state index in [1.807, 2.05) is 17.0 Å². The van der Waals surface area contributed by atoms with E-state index >= 15 is 0 Å². The number of guanidine groups is 1. The Morgan fingerprint density at radius 2 is 2.00 bits per heavy atom. The van der Waals surface area contributed by atoms with Crippen LogP contribution in [-0.4, -0.2) is 84.6 Å².